The molecule has 0 radical (unpaired) electrons. The van der Waals surface area contributed by atoms with Crippen molar-refractivity contribution in [3.8, 4) is 0 Å². The van der Waals surface area contributed by atoms with Crippen LogP contribution in [0.1, 0.15) is 5.56 Å². The Morgan fingerprint density at radius 1 is 1.00 bits per heavy atom. The van der Waals surface area contributed by atoms with E-state index < -0.39 is 20.0 Å². The zero-order valence-corrected chi connectivity index (χ0v) is 14.4. The number of benzene rings is 1. The van der Waals surface area contributed by atoms with Crippen molar-refractivity contribution in [3.05, 3.63) is 48.0 Å². The van der Waals surface area contributed by atoms with Crippen LogP contribution in [-0.2, 0) is 20.0 Å². The molecule has 6 nitrogen and oxygen atoms in total. The van der Waals surface area contributed by atoms with Crippen LogP contribution >= 0.6 is 11.6 Å². The molecule has 0 bridgehead atoms. The van der Waals surface area contributed by atoms with Gasteiger partial charge < -0.3 is 0 Å². The SMILES string of the molecule is C=CCNS(=O)(=O)c1cc(S(=O)(=O)NCC=C)c(Cl)cc1C. The van der Waals surface area contributed by atoms with Gasteiger partial charge in [-0.05, 0) is 24.6 Å². The molecule has 22 heavy (non-hydrogen) atoms. The van der Waals surface area contributed by atoms with Crippen molar-refractivity contribution in [1.29, 1.82) is 0 Å². The van der Waals surface area contributed by atoms with Crippen molar-refractivity contribution in [3.63, 3.8) is 0 Å². The molecule has 122 valence electrons. The van der Waals surface area contributed by atoms with E-state index in [4.69, 9.17) is 11.6 Å². The fourth-order valence-corrected chi connectivity index (χ4v) is 4.55. The van der Waals surface area contributed by atoms with E-state index in [-0.39, 0.29) is 27.9 Å². The molecule has 0 unspecified atom stereocenters. The lowest BCUT2D eigenvalue weighted by Gasteiger charge is -2.12. The Labute approximate surface area is 136 Å². The van der Waals surface area contributed by atoms with Crippen molar-refractivity contribution >= 4 is 31.6 Å². The minimum absolute atomic E-state index is 0.00331. The van der Waals surface area contributed by atoms with Gasteiger partial charge in [0.2, 0.25) is 20.0 Å². The first-order chi connectivity index (χ1) is 10.2. The van der Waals surface area contributed by atoms with E-state index in [0.29, 0.717) is 5.56 Å². The van der Waals surface area contributed by atoms with Crippen LogP contribution in [0.25, 0.3) is 0 Å². The minimum Gasteiger partial charge on any atom is -0.207 e. The molecule has 1 aromatic carbocycles. The molecule has 0 spiro atoms. The highest BCUT2D eigenvalue weighted by molar-refractivity contribution is 7.90. The van der Waals surface area contributed by atoms with Gasteiger partial charge in [-0.15, -0.1) is 13.2 Å². The van der Waals surface area contributed by atoms with Crippen LogP contribution < -0.4 is 9.44 Å². The van der Waals surface area contributed by atoms with Gasteiger partial charge in [0.15, 0.2) is 0 Å². The summed E-state index contributed by atoms with van der Waals surface area (Å²) in [6.07, 6.45) is 2.75. The number of aryl methyl sites for hydroxylation is 1. The number of nitrogens with one attached hydrogen (secondary N) is 2. The van der Waals surface area contributed by atoms with Gasteiger partial charge in [-0.1, -0.05) is 23.8 Å². The standard InChI is InChI=1S/C13H17ClN2O4S2/c1-4-6-15-21(17,18)12-9-13(11(14)8-10(12)3)22(19,20)16-7-5-2/h4-5,8-9,15-16H,1-2,6-7H2,3H3. The lowest BCUT2D eigenvalue weighted by atomic mass is 10.2. The maximum Gasteiger partial charge on any atom is 0.242 e. The zero-order chi connectivity index (χ0) is 17.0. The normalized spacial score (nSPS) is 12.1. The lowest BCUT2D eigenvalue weighted by Crippen LogP contribution is -2.27. The summed E-state index contributed by atoms with van der Waals surface area (Å²) in [6, 6.07) is 2.33. The van der Waals surface area contributed by atoms with Crippen molar-refractivity contribution in [1.82, 2.24) is 9.44 Å². The Bertz CT molecular complexity index is 723. The van der Waals surface area contributed by atoms with Gasteiger partial charge >= 0.3 is 0 Å². The van der Waals surface area contributed by atoms with Crippen LogP contribution in [0.5, 0.6) is 0 Å². The minimum atomic E-state index is -3.94. The molecule has 1 aromatic rings. The van der Waals surface area contributed by atoms with Crippen LogP contribution in [0.2, 0.25) is 5.02 Å². The highest BCUT2D eigenvalue weighted by atomic mass is 35.5. The van der Waals surface area contributed by atoms with E-state index >= 15 is 0 Å². The lowest BCUT2D eigenvalue weighted by molar-refractivity contribution is 0.583. The van der Waals surface area contributed by atoms with E-state index in [1.807, 2.05) is 0 Å². The van der Waals surface area contributed by atoms with E-state index in [1.54, 1.807) is 0 Å². The summed E-state index contributed by atoms with van der Waals surface area (Å²) < 4.78 is 53.2. The Morgan fingerprint density at radius 3 is 1.91 bits per heavy atom. The highest BCUT2D eigenvalue weighted by Crippen LogP contribution is 2.27. The third kappa shape index (κ3) is 4.40. The van der Waals surface area contributed by atoms with Crippen LogP contribution in [0.15, 0.2) is 47.2 Å². The van der Waals surface area contributed by atoms with Gasteiger partial charge in [-0.2, -0.15) is 0 Å². The molecule has 0 aliphatic heterocycles. The quantitative estimate of drug-likeness (QED) is 0.685. The average Bonchev–Trinajstić information content (AvgIpc) is 2.42. The molecule has 0 atom stereocenters. The first kappa shape index (κ1) is 18.9. The summed E-state index contributed by atoms with van der Waals surface area (Å²) in [5, 5.41) is -0.0586. The summed E-state index contributed by atoms with van der Waals surface area (Å²) >= 11 is 5.94. The monoisotopic (exact) mass is 364 g/mol. The molecule has 0 heterocycles. The number of halogens is 1. The number of hydrogen-bond donors (Lipinski definition) is 2. The molecule has 9 heteroatoms. The highest BCUT2D eigenvalue weighted by Gasteiger charge is 2.24. The summed E-state index contributed by atoms with van der Waals surface area (Å²) in [4.78, 5) is -0.460. The van der Waals surface area contributed by atoms with Gasteiger partial charge in [0.25, 0.3) is 0 Å². The molecule has 0 aliphatic rings. The van der Waals surface area contributed by atoms with Gasteiger partial charge in [0.1, 0.15) is 4.90 Å². The summed E-state index contributed by atoms with van der Waals surface area (Å²) in [5.74, 6) is 0. The predicted octanol–water partition coefficient (Wildman–Crippen LogP) is 1.58. The van der Waals surface area contributed by atoms with Gasteiger partial charge in [0.05, 0.1) is 9.92 Å². The van der Waals surface area contributed by atoms with Gasteiger partial charge in [-0.3, -0.25) is 0 Å². The van der Waals surface area contributed by atoms with Crippen LogP contribution in [-0.4, -0.2) is 29.9 Å². The number of sulfonamides is 2. The number of hydrogen-bond acceptors (Lipinski definition) is 4. The predicted molar refractivity (Wildman–Crippen MR) is 87.0 cm³/mol. The Balaban J connectivity index is 3.43. The molecule has 0 saturated heterocycles. The van der Waals surface area contributed by atoms with Crippen LogP contribution in [0.3, 0.4) is 0 Å². The average molecular weight is 365 g/mol. The largest absolute Gasteiger partial charge is 0.242 e. The maximum absolute atomic E-state index is 12.2. The van der Waals surface area contributed by atoms with E-state index in [1.165, 1.54) is 25.1 Å². The Morgan fingerprint density at radius 2 is 1.45 bits per heavy atom. The van der Waals surface area contributed by atoms with Crippen molar-refractivity contribution in [2.24, 2.45) is 0 Å². The second-order valence-electron chi connectivity index (χ2n) is 4.33. The second-order valence-corrected chi connectivity index (χ2v) is 8.21. The Kier molecular flexibility index (Phi) is 6.33. The summed E-state index contributed by atoms with van der Waals surface area (Å²) in [5.41, 5.74) is 0.337. The Hall–Kier alpha value is -1.19. The topological polar surface area (TPSA) is 92.3 Å². The molecule has 0 aliphatic carbocycles. The zero-order valence-electron chi connectivity index (χ0n) is 12.0. The first-order valence-corrected chi connectivity index (χ1v) is 9.51. The first-order valence-electron chi connectivity index (χ1n) is 6.17. The third-order valence-electron chi connectivity index (χ3n) is 2.64. The van der Waals surface area contributed by atoms with Crippen molar-refractivity contribution in [2.75, 3.05) is 13.1 Å². The molecule has 1 rings (SSSR count). The summed E-state index contributed by atoms with van der Waals surface area (Å²) in [6.45, 7) is 8.39. The molecule has 0 amide bonds. The van der Waals surface area contributed by atoms with E-state index in [9.17, 15) is 16.8 Å². The maximum atomic E-state index is 12.2. The molecular weight excluding hydrogens is 348 g/mol. The fourth-order valence-electron chi connectivity index (χ4n) is 1.62. The molecule has 0 aromatic heterocycles. The third-order valence-corrected chi connectivity index (χ3v) is 6.10. The molecule has 0 fully saturated rings. The van der Waals surface area contributed by atoms with Crippen LogP contribution in [0, 0.1) is 6.92 Å². The van der Waals surface area contributed by atoms with Gasteiger partial charge in [-0.25, -0.2) is 26.3 Å². The summed E-state index contributed by atoms with van der Waals surface area (Å²) in [7, 11) is -7.80. The fraction of sp³-hybridized carbons (Fsp3) is 0.231. The number of rotatable bonds is 8. The molecule has 2 N–H and O–H groups in total. The van der Waals surface area contributed by atoms with Crippen molar-refractivity contribution in [2.45, 2.75) is 16.7 Å². The molecule has 0 saturated carbocycles. The van der Waals surface area contributed by atoms with Crippen molar-refractivity contribution < 1.29 is 16.8 Å². The van der Waals surface area contributed by atoms with Crippen LogP contribution in [0.4, 0.5) is 0 Å². The van der Waals surface area contributed by atoms with E-state index in [2.05, 4.69) is 22.6 Å². The van der Waals surface area contributed by atoms with E-state index in [0.717, 1.165) is 6.07 Å². The smallest absolute Gasteiger partial charge is 0.207 e. The second kappa shape index (κ2) is 7.38. The molecular formula is C13H17ClN2O4S2. The van der Waals surface area contributed by atoms with Gasteiger partial charge in [0, 0.05) is 13.1 Å².